The van der Waals surface area contributed by atoms with Gasteiger partial charge >= 0.3 is 0 Å². The highest BCUT2D eigenvalue weighted by Crippen LogP contribution is 2.24. The highest BCUT2D eigenvalue weighted by atomic mass is 16.5. The standard InChI is InChI=1S/C15H21NO3/c1-11(17)13-7-6-8-14(15(13)12(2)18)19-10-5-3-4-9-16/h6-8H,3-5,9-10,16H2,1-2H3. The Labute approximate surface area is 113 Å². The average Bonchev–Trinajstić information content (AvgIpc) is 2.37. The van der Waals surface area contributed by atoms with Gasteiger partial charge in [-0.25, -0.2) is 0 Å². The molecule has 0 aliphatic rings. The van der Waals surface area contributed by atoms with Crippen molar-refractivity contribution in [3.8, 4) is 5.75 Å². The van der Waals surface area contributed by atoms with Crippen molar-refractivity contribution >= 4 is 11.6 Å². The van der Waals surface area contributed by atoms with Gasteiger partial charge in [0.1, 0.15) is 5.75 Å². The van der Waals surface area contributed by atoms with Crippen LogP contribution in [-0.4, -0.2) is 24.7 Å². The van der Waals surface area contributed by atoms with E-state index in [1.165, 1.54) is 13.8 Å². The monoisotopic (exact) mass is 263 g/mol. The number of hydrogen-bond acceptors (Lipinski definition) is 4. The van der Waals surface area contributed by atoms with Gasteiger partial charge in [0.15, 0.2) is 11.6 Å². The first-order valence-electron chi connectivity index (χ1n) is 6.55. The van der Waals surface area contributed by atoms with Crippen molar-refractivity contribution in [2.75, 3.05) is 13.2 Å². The molecule has 19 heavy (non-hydrogen) atoms. The first-order valence-corrected chi connectivity index (χ1v) is 6.55. The second-order valence-corrected chi connectivity index (χ2v) is 4.49. The van der Waals surface area contributed by atoms with E-state index < -0.39 is 0 Å². The minimum absolute atomic E-state index is 0.126. The van der Waals surface area contributed by atoms with Crippen LogP contribution in [-0.2, 0) is 0 Å². The third-order valence-electron chi connectivity index (χ3n) is 2.86. The van der Waals surface area contributed by atoms with Crippen LogP contribution < -0.4 is 10.5 Å². The van der Waals surface area contributed by atoms with Gasteiger partial charge in [-0.05, 0) is 45.7 Å². The Hall–Kier alpha value is -1.68. The molecular formula is C15H21NO3. The number of ether oxygens (including phenoxy) is 1. The van der Waals surface area contributed by atoms with Gasteiger partial charge < -0.3 is 10.5 Å². The van der Waals surface area contributed by atoms with Crippen molar-refractivity contribution in [2.45, 2.75) is 33.1 Å². The number of rotatable bonds is 8. The van der Waals surface area contributed by atoms with Gasteiger partial charge in [-0.3, -0.25) is 9.59 Å². The topological polar surface area (TPSA) is 69.4 Å². The molecule has 0 atom stereocenters. The summed E-state index contributed by atoms with van der Waals surface area (Å²) in [6.45, 7) is 4.11. The van der Waals surface area contributed by atoms with Crippen LogP contribution in [0.5, 0.6) is 5.75 Å². The van der Waals surface area contributed by atoms with Gasteiger partial charge in [0.25, 0.3) is 0 Å². The molecule has 0 amide bonds. The Morgan fingerprint density at radius 1 is 1.11 bits per heavy atom. The zero-order valence-corrected chi connectivity index (χ0v) is 11.6. The minimum Gasteiger partial charge on any atom is -0.493 e. The van der Waals surface area contributed by atoms with Crippen LogP contribution in [0.15, 0.2) is 18.2 Å². The predicted molar refractivity (Wildman–Crippen MR) is 74.9 cm³/mol. The van der Waals surface area contributed by atoms with Gasteiger partial charge in [0, 0.05) is 5.56 Å². The number of unbranched alkanes of at least 4 members (excludes halogenated alkanes) is 2. The van der Waals surface area contributed by atoms with Crippen LogP contribution in [0.3, 0.4) is 0 Å². The first kappa shape index (κ1) is 15.4. The first-order chi connectivity index (χ1) is 9.07. The number of nitrogens with two attached hydrogens (primary N) is 1. The number of carbonyl (C=O) groups is 2. The second-order valence-electron chi connectivity index (χ2n) is 4.49. The van der Waals surface area contributed by atoms with E-state index in [9.17, 15) is 9.59 Å². The van der Waals surface area contributed by atoms with Crippen molar-refractivity contribution in [2.24, 2.45) is 5.73 Å². The molecule has 4 nitrogen and oxygen atoms in total. The lowest BCUT2D eigenvalue weighted by molar-refractivity contribution is 0.0977. The largest absolute Gasteiger partial charge is 0.493 e. The molecule has 0 spiro atoms. The fourth-order valence-electron chi connectivity index (χ4n) is 1.91. The summed E-state index contributed by atoms with van der Waals surface area (Å²) in [6.07, 6.45) is 2.85. The highest BCUT2D eigenvalue weighted by molar-refractivity contribution is 6.08. The molecule has 0 aliphatic carbocycles. The molecule has 0 radical (unpaired) electrons. The molecule has 2 N–H and O–H groups in total. The van der Waals surface area contributed by atoms with Crippen molar-refractivity contribution in [3.05, 3.63) is 29.3 Å². The van der Waals surface area contributed by atoms with Crippen LogP contribution in [0.1, 0.15) is 53.8 Å². The van der Waals surface area contributed by atoms with E-state index in [2.05, 4.69) is 0 Å². The molecule has 0 saturated heterocycles. The summed E-state index contributed by atoms with van der Waals surface area (Å²) >= 11 is 0. The summed E-state index contributed by atoms with van der Waals surface area (Å²) in [7, 11) is 0. The summed E-state index contributed by atoms with van der Waals surface area (Å²) in [5, 5.41) is 0. The van der Waals surface area contributed by atoms with Crippen LogP contribution in [0.4, 0.5) is 0 Å². The van der Waals surface area contributed by atoms with Gasteiger partial charge in [0.2, 0.25) is 0 Å². The van der Waals surface area contributed by atoms with Crippen LogP contribution in [0, 0.1) is 0 Å². The maximum Gasteiger partial charge on any atom is 0.164 e. The van der Waals surface area contributed by atoms with Crippen LogP contribution >= 0.6 is 0 Å². The summed E-state index contributed by atoms with van der Waals surface area (Å²) in [5.41, 5.74) is 6.22. The molecule has 104 valence electrons. The summed E-state index contributed by atoms with van der Waals surface area (Å²) in [6, 6.07) is 5.12. The molecule has 0 bridgehead atoms. The SMILES string of the molecule is CC(=O)c1cccc(OCCCCCN)c1C(C)=O. The number of Topliss-reactive ketones (excluding diaryl/α,β-unsaturated/α-hetero) is 2. The molecule has 0 heterocycles. The maximum atomic E-state index is 11.7. The molecule has 0 unspecified atom stereocenters. The zero-order valence-electron chi connectivity index (χ0n) is 11.6. The number of benzene rings is 1. The van der Waals surface area contributed by atoms with Crippen molar-refractivity contribution in [3.63, 3.8) is 0 Å². The Balaban J connectivity index is 2.80. The van der Waals surface area contributed by atoms with E-state index in [4.69, 9.17) is 10.5 Å². The Morgan fingerprint density at radius 2 is 1.84 bits per heavy atom. The van der Waals surface area contributed by atoms with E-state index in [0.29, 0.717) is 30.0 Å². The molecule has 0 saturated carbocycles. The number of carbonyl (C=O) groups excluding carboxylic acids is 2. The van der Waals surface area contributed by atoms with E-state index in [0.717, 1.165) is 19.3 Å². The molecule has 1 aromatic rings. The van der Waals surface area contributed by atoms with Gasteiger partial charge in [0.05, 0.1) is 12.2 Å². The number of ketones is 2. The normalized spacial score (nSPS) is 10.3. The fourth-order valence-corrected chi connectivity index (χ4v) is 1.91. The maximum absolute atomic E-state index is 11.7. The van der Waals surface area contributed by atoms with E-state index in [-0.39, 0.29) is 11.6 Å². The summed E-state index contributed by atoms with van der Waals surface area (Å²) in [4.78, 5) is 23.2. The molecular weight excluding hydrogens is 242 g/mol. The van der Waals surface area contributed by atoms with Crippen molar-refractivity contribution < 1.29 is 14.3 Å². The third-order valence-corrected chi connectivity index (χ3v) is 2.86. The zero-order chi connectivity index (χ0) is 14.3. The molecule has 1 rings (SSSR count). The predicted octanol–water partition coefficient (Wildman–Crippen LogP) is 2.60. The Bertz CT molecular complexity index is 455. The Morgan fingerprint density at radius 3 is 2.42 bits per heavy atom. The molecule has 1 aromatic carbocycles. The van der Waals surface area contributed by atoms with Crippen LogP contribution in [0.2, 0.25) is 0 Å². The minimum atomic E-state index is -0.150. The van der Waals surface area contributed by atoms with Crippen molar-refractivity contribution in [1.82, 2.24) is 0 Å². The Kier molecular flexibility index (Phi) is 6.22. The molecule has 0 aromatic heterocycles. The van der Waals surface area contributed by atoms with E-state index in [1.807, 2.05) is 0 Å². The molecule has 0 aliphatic heterocycles. The van der Waals surface area contributed by atoms with Gasteiger partial charge in [-0.1, -0.05) is 12.1 Å². The number of hydrogen-bond donors (Lipinski definition) is 1. The van der Waals surface area contributed by atoms with E-state index >= 15 is 0 Å². The van der Waals surface area contributed by atoms with Gasteiger partial charge in [-0.15, -0.1) is 0 Å². The molecule has 0 fully saturated rings. The lowest BCUT2D eigenvalue weighted by Gasteiger charge is -2.12. The van der Waals surface area contributed by atoms with E-state index in [1.54, 1.807) is 18.2 Å². The average molecular weight is 263 g/mol. The van der Waals surface area contributed by atoms with Gasteiger partial charge in [-0.2, -0.15) is 0 Å². The fraction of sp³-hybridized carbons (Fsp3) is 0.467. The summed E-state index contributed by atoms with van der Waals surface area (Å²) in [5.74, 6) is 0.217. The quantitative estimate of drug-likeness (QED) is 0.578. The second kappa shape index (κ2) is 7.69. The van der Waals surface area contributed by atoms with Crippen LogP contribution in [0.25, 0.3) is 0 Å². The smallest absolute Gasteiger partial charge is 0.164 e. The highest BCUT2D eigenvalue weighted by Gasteiger charge is 2.16. The lowest BCUT2D eigenvalue weighted by atomic mass is 10.0. The van der Waals surface area contributed by atoms with Crippen molar-refractivity contribution in [1.29, 1.82) is 0 Å². The lowest BCUT2D eigenvalue weighted by Crippen LogP contribution is -2.09. The summed E-state index contributed by atoms with van der Waals surface area (Å²) < 4.78 is 5.62. The third kappa shape index (κ3) is 4.48. The molecule has 4 heteroatoms.